The van der Waals surface area contributed by atoms with Crippen LogP contribution in [-0.4, -0.2) is 37.5 Å². The van der Waals surface area contributed by atoms with Crippen LogP contribution in [0.1, 0.15) is 16.6 Å². The smallest absolute Gasteiger partial charge is 0.261 e. The molecule has 0 radical (unpaired) electrons. The van der Waals surface area contributed by atoms with Gasteiger partial charge < -0.3 is 10.2 Å². The van der Waals surface area contributed by atoms with E-state index in [2.05, 4.69) is 17.9 Å². The van der Waals surface area contributed by atoms with Crippen molar-refractivity contribution >= 4 is 29.9 Å². The molecule has 0 saturated heterocycles. The number of nitrogens with zero attached hydrogens (tertiary/aromatic N) is 1. The summed E-state index contributed by atoms with van der Waals surface area (Å²) in [5.74, 6) is -0.0188. The molecule has 0 fully saturated rings. The van der Waals surface area contributed by atoms with E-state index >= 15 is 0 Å². The van der Waals surface area contributed by atoms with Crippen LogP contribution in [-0.2, 0) is 0 Å². The zero-order chi connectivity index (χ0) is 11.4. The zero-order valence-electron chi connectivity index (χ0n) is 9.15. The van der Waals surface area contributed by atoms with Gasteiger partial charge in [-0.15, -0.1) is 24.0 Å². The van der Waals surface area contributed by atoms with Crippen LogP contribution in [0.3, 0.4) is 0 Å². The van der Waals surface area contributed by atoms with Gasteiger partial charge in [0.05, 0.1) is 4.88 Å². The predicted octanol–water partition coefficient (Wildman–Crippen LogP) is 1.72. The maximum atomic E-state index is 11.7. The van der Waals surface area contributed by atoms with E-state index in [4.69, 9.17) is 0 Å². The molecule has 0 aromatic carbocycles. The Morgan fingerprint density at radius 3 is 2.80 bits per heavy atom. The van der Waals surface area contributed by atoms with Crippen molar-refractivity contribution in [2.75, 3.05) is 20.6 Å². The third kappa shape index (κ3) is 4.24. The van der Waals surface area contributed by atoms with Gasteiger partial charge in [-0.3, -0.25) is 4.79 Å². The van der Waals surface area contributed by atoms with Gasteiger partial charge in [0.15, 0.2) is 0 Å². The Morgan fingerprint density at radius 1 is 1.67 bits per heavy atom. The molecule has 5 heteroatoms. The second-order valence-corrected chi connectivity index (χ2v) is 5.23. The molecule has 1 amide bonds. The van der Waals surface area contributed by atoms with Gasteiger partial charge in [0.25, 0.3) is 5.91 Å². The normalized spacial score (nSPS) is 12.9. The molecule has 1 aromatic rings. The molecule has 1 unspecified atom stereocenters. The van der Waals surface area contributed by atoms with Gasteiger partial charge in [-0.05, 0) is 27.1 Å². The number of carbonyl (C=O) groups excluding carboxylic acids is 1. The molecule has 84 valence electrons. The van der Waals surface area contributed by atoms with Crippen LogP contribution in [0.25, 0.3) is 0 Å². The van der Waals surface area contributed by atoms with Crippen LogP contribution in [0.4, 0.5) is 0 Å². The highest BCUT2D eigenvalue weighted by molar-refractivity contribution is 7.80. The van der Waals surface area contributed by atoms with Crippen LogP contribution < -0.4 is 5.32 Å². The van der Waals surface area contributed by atoms with Gasteiger partial charge in [-0.1, -0.05) is 0 Å². The summed E-state index contributed by atoms with van der Waals surface area (Å²) in [5.41, 5.74) is 0. The van der Waals surface area contributed by atoms with E-state index in [0.29, 0.717) is 4.88 Å². The Kier molecular flexibility index (Phi) is 4.63. The van der Waals surface area contributed by atoms with Crippen LogP contribution in [0, 0.1) is 0 Å². The minimum Gasteiger partial charge on any atom is -0.348 e. The van der Waals surface area contributed by atoms with Gasteiger partial charge in [0, 0.05) is 22.9 Å². The lowest BCUT2D eigenvalue weighted by Crippen LogP contribution is -2.39. The van der Waals surface area contributed by atoms with Crippen molar-refractivity contribution in [1.82, 2.24) is 10.2 Å². The van der Waals surface area contributed by atoms with Crippen LogP contribution in [0.15, 0.2) is 16.3 Å². The largest absolute Gasteiger partial charge is 0.348 e. The Bertz CT molecular complexity index is 336. The Hall–Kier alpha value is -0.520. The van der Waals surface area contributed by atoms with Crippen LogP contribution in [0.5, 0.6) is 0 Å². The fourth-order valence-corrected chi connectivity index (χ4v) is 2.38. The number of rotatable bonds is 4. The molecular formula is C10H16N2OS2. The second-order valence-electron chi connectivity index (χ2n) is 3.81. The highest BCUT2D eigenvalue weighted by Gasteiger charge is 2.11. The van der Waals surface area contributed by atoms with E-state index in [1.807, 2.05) is 31.3 Å². The molecule has 0 bridgehead atoms. The molecule has 1 rings (SSSR count). The highest BCUT2D eigenvalue weighted by atomic mass is 32.1. The van der Waals surface area contributed by atoms with E-state index in [-0.39, 0.29) is 11.9 Å². The molecule has 0 saturated carbocycles. The molecule has 1 aromatic heterocycles. The highest BCUT2D eigenvalue weighted by Crippen LogP contribution is 2.17. The number of amides is 1. The van der Waals surface area contributed by atoms with Crippen molar-refractivity contribution < 1.29 is 4.79 Å². The molecule has 15 heavy (non-hydrogen) atoms. The molecule has 0 aliphatic rings. The van der Waals surface area contributed by atoms with Crippen LogP contribution >= 0.6 is 24.0 Å². The van der Waals surface area contributed by atoms with E-state index in [9.17, 15) is 4.79 Å². The summed E-state index contributed by atoms with van der Waals surface area (Å²) in [6.45, 7) is 2.83. The molecular weight excluding hydrogens is 228 g/mol. The van der Waals surface area contributed by atoms with Crippen molar-refractivity contribution in [3.63, 3.8) is 0 Å². The van der Waals surface area contributed by atoms with Crippen molar-refractivity contribution in [2.24, 2.45) is 0 Å². The Morgan fingerprint density at radius 2 is 2.33 bits per heavy atom. The maximum Gasteiger partial charge on any atom is 0.261 e. The number of nitrogens with one attached hydrogen (secondary N) is 1. The Labute approximate surface area is 99.9 Å². The average molecular weight is 244 g/mol. The summed E-state index contributed by atoms with van der Waals surface area (Å²) in [6.07, 6.45) is 0. The number of thiol groups is 1. The van der Waals surface area contributed by atoms with E-state index in [1.54, 1.807) is 6.07 Å². The third-order valence-corrected chi connectivity index (χ3v) is 3.19. The quantitative estimate of drug-likeness (QED) is 0.791. The summed E-state index contributed by atoms with van der Waals surface area (Å²) in [5, 5.41) is 4.79. The molecule has 3 nitrogen and oxygen atoms in total. The number of carbonyl (C=O) groups is 1. The van der Waals surface area contributed by atoms with Crippen molar-refractivity contribution in [3.8, 4) is 0 Å². The Balaban J connectivity index is 2.49. The van der Waals surface area contributed by atoms with E-state index in [1.165, 1.54) is 11.3 Å². The fourth-order valence-electron chi connectivity index (χ4n) is 1.33. The lowest BCUT2D eigenvalue weighted by atomic mass is 10.3. The van der Waals surface area contributed by atoms with Crippen molar-refractivity contribution in [2.45, 2.75) is 17.9 Å². The molecule has 0 aliphatic heterocycles. The topological polar surface area (TPSA) is 32.3 Å². The van der Waals surface area contributed by atoms with E-state index < -0.39 is 0 Å². The summed E-state index contributed by atoms with van der Waals surface area (Å²) in [6, 6.07) is 1.93. The second kappa shape index (κ2) is 5.53. The summed E-state index contributed by atoms with van der Waals surface area (Å²) >= 11 is 5.58. The van der Waals surface area contributed by atoms with Crippen molar-refractivity contribution in [3.05, 3.63) is 16.3 Å². The molecule has 0 aliphatic carbocycles. The first-order valence-electron chi connectivity index (χ1n) is 4.72. The molecule has 1 heterocycles. The number of thiophene rings is 1. The minimum atomic E-state index is -0.0188. The number of likely N-dealkylation sites (N-methyl/N-ethyl adjacent to an activating group) is 1. The lowest BCUT2D eigenvalue weighted by Gasteiger charge is -2.17. The monoisotopic (exact) mass is 244 g/mol. The summed E-state index contributed by atoms with van der Waals surface area (Å²) in [4.78, 5) is 15.3. The SMILES string of the molecule is CC(CN(C)C)NC(=O)c1cc(S)cs1. The fraction of sp³-hybridized carbons (Fsp3) is 0.500. The standard InChI is InChI=1S/C10H16N2OS2/c1-7(5-12(2)3)11-10(13)9-4-8(14)6-15-9/h4,6-7,14H,5H2,1-3H3,(H,11,13). The van der Waals surface area contributed by atoms with Crippen LogP contribution in [0.2, 0.25) is 0 Å². The van der Waals surface area contributed by atoms with Gasteiger partial charge in [0.2, 0.25) is 0 Å². The number of hydrogen-bond donors (Lipinski definition) is 2. The zero-order valence-corrected chi connectivity index (χ0v) is 10.9. The first-order valence-corrected chi connectivity index (χ1v) is 6.05. The first-order chi connectivity index (χ1) is 6.99. The molecule has 1 N–H and O–H groups in total. The van der Waals surface area contributed by atoms with Gasteiger partial charge in [-0.2, -0.15) is 0 Å². The number of hydrogen-bond acceptors (Lipinski definition) is 4. The summed E-state index contributed by atoms with van der Waals surface area (Å²) in [7, 11) is 3.97. The molecule has 1 atom stereocenters. The van der Waals surface area contributed by atoms with E-state index in [0.717, 1.165) is 11.4 Å². The minimum absolute atomic E-state index is 0.0188. The average Bonchev–Trinajstić information content (AvgIpc) is 2.49. The molecule has 0 spiro atoms. The van der Waals surface area contributed by atoms with Gasteiger partial charge in [0.1, 0.15) is 0 Å². The van der Waals surface area contributed by atoms with Gasteiger partial charge >= 0.3 is 0 Å². The van der Waals surface area contributed by atoms with Gasteiger partial charge in [-0.25, -0.2) is 0 Å². The van der Waals surface area contributed by atoms with Crippen molar-refractivity contribution in [1.29, 1.82) is 0 Å². The third-order valence-electron chi connectivity index (χ3n) is 1.83. The predicted molar refractivity (Wildman–Crippen MR) is 67.1 cm³/mol. The first kappa shape index (κ1) is 12.5. The lowest BCUT2D eigenvalue weighted by molar-refractivity contribution is 0.0938. The maximum absolute atomic E-state index is 11.7. The summed E-state index contributed by atoms with van der Waals surface area (Å²) < 4.78 is 0.